The van der Waals surface area contributed by atoms with Gasteiger partial charge in [-0.25, -0.2) is 18.7 Å². The lowest BCUT2D eigenvalue weighted by atomic mass is 10.1. The van der Waals surface area contributed by atoms with Crippen LogP contribution in [-0.4, -0.2) is 14.5 Å². The van der Waals surface area contributed by atoms with Gasteiger partial charge in [0.2, 0.25) is 0 Å². The molecule has 2 heterocycles. The molecule has 3 aromatic rings. The van der Waals surface area contributed by atoms with Gasteiger partial charge in [0.05, 0.1) is 10.9 Å². The molecule has 0 spiro atoms. The zero-order chi connectivity index (χ0) is 18.8. The van der Waals surface area contributed by atoms with Gasteiger partial charge in [-0.3, -0.25) is 4.79 Å². The lowest BCUT2D eigenvalue weighted by Gasteiger charge is -2.10. The molecule has 0 saturated carbocycles. The Morgan fingerprint density at radius 1 is 1.23 bits per heavy atom. The fourth-order valence-corrected chi connectivity index (χ4v) is 2.83. The van der Waals surface area contributed by atoms with Crippen LogP contribution in [0, 0.1) is 18.6 Å². The van der Waals surface area contributed by atoms with Crippen LogP contribution in [0.15, 0.2) is 29.3 Å². The van der Waals surface area contributed by atoms with Gasteiger partial charge in [-0.05, 0) is 30.9 Å². The number of unbranched alkanes of at least 4 members (excludes halogenated alkanes) is 2. The van der Waals surface area contributed by atoms with Gasteiger partial charge in [-0.1, -0.05) is 19.8 Å². The average molecular weight is 358 g/mol. The number of rotatable bonds is 5. The van der Waals surface area contributed by atoms with Crippen molar-refractivity contribution in [1.29, 1.82) is 0 Å². The van der Waals surface area contributed by atoms with Crippen LogP contribution in [0.5, 0.6) is 0 Å². The summed E-state index contributed by atoms with van der Waals surface area (Å²) < 4.78 is 30.7. The van der Waals surface area contributed by atoms with Crippen molar-refractivity contribution < 1.29 is 8.78 Å². The molecule has 0 radical (unpaired) electrons. The number of fused-ring (bicyclic) bond motifs is 1. The maximum absolute atomic E-state index is 14.7. The van der Waals surface area contributed by atoms with E-state index in [2.05, 4.69) is 16.9 Å². The van der Waals surface area contributed by atoms with Crippen LogP contribution in [-0.2, 0) is 6.54 Å². The molecular weight excluding hydrogens is 338 g/mol. The standard InChI is InChI=1S/C19H20F2N4O/c1-3-4-5-7-25-8-6-12-9-13(15(20)16(21)14(12)19(25)26)18-23-10-11(2)17(22)24-18/h6,8-10H,3-5,7H2,1-2H3,(H2,22,23,24). The summed E-state index contributed by atoms with van der Waals surface area (Å²) in [7, 11) is 0. The van der Waals surface area contributed by atoms with Gasteiger partial charge in [0.25, 0.3) is 5.56 Å². The highest BCUT2D eigenvalue weighted by molar-refractivity contribution is 5.86. The molecule has 0 unspecified atom stereocenters. The minimum Gasteiger partial charge on any atom is -0.383 e. The van der Waals surface area contributed by atoms with E-state index in [0.29, 0.717) is 17.5 Å². The average Bonchev–Trinajstić information content (AvgIpc) is 2.62. The molecule has 0 aliphatic rings. The summed E-state index contributed by atoms with van der Waals surface area (Å²) in [6.07, 6.45) is 5.83. The number of halogens is 2. The summed E-state index contributed by atoms with van der Waals surface area (Å²) in [5.41, 5.74) is 5.73. The van der Waals surface area contributed by atoms with E-state index < -0.39 is 17.2 Å². The molecule has 0 fully saturated rings. The predicted molar refractivity (Wildman–Crippen MR) is 97.8 cm³/mol. The highest BCUT2D eigenvalue weighted by atomic mass is 19.2. The zero-order valence-electron chi connectivity index (χ0n) is 14.7. The Morgan fingerprint density at radius 2 is 2.00 bits per heavy atom. The summed E-state index contributed by atoms with van der Waals surface area (Å²) in [6.45, 7) is 4.25. The number of nitrogens with two attached hydrogens (primary N) is 1. The van der Waals surface area contributed by atoms with Crippen molar-refractivity contribution in [2.45, 2.75) is 39.7 Å². The normalized spacial score (nSPS) is 11.2. The lowest BCUT2D eigenvalue weighted by molar-refractivity contribution is 0.516. The quantitative estimate of drug-likeness (QED) is 0.704. The van der Waals surface area contributed by atoms with Crippen LogP contribution in [0.4, 0.5) is 14.6 Å². The monoisotopic (exact) mass is 358 g/mol. The Labute approximate surface area is 149 Å². The number of benzene rings is 1. The van der Waals surface area contributed by atoms with Crippen LogP contribution < -0.4 is 11.3 Å². The number of anilines is 1. The van der Waals surface area contributed by atoms with E-state index in [-0.39, 0.29) is 22.6 Å². The van der Waals surface area contributed by atoms with Crippen molar-refractivity contribution in [3.63, 3.8) is 0 Å². The van der Waals surface area contributed by atoms with Crippen molar-refractivity contribution in [2.75, 3.05) is 5.73 Å². The van der Waals surface area contributed by atoms with Gasteiger partial charge in [-0.2, -0.15) is 0 Å². The minimum atomic E-state index is -1.19. The molecular formula is C19H20F2N4O. The SMILES string of the molecule is CCCCCn1ccc2cc(-c3ncc(C)c(N)n3)c(F)c(F)c2c1=O. The number of nitrogen functional groups attached to an aromatic ring is 1. The van der Waals surface area contributed by atoms with Crippen molar-refractivity contribution in [3.05, 3.63) is 52.1 Å². The molecule has 0 aliphatic heterocycles. The Balaban J connectivity index is 2.15. The Bertz CT molecular complexity index is 1030. The van der Waals surface area contributed by atoms with Crippen molar-refractivity contribution in [1.82, 2.24) is 14.5 Å². The largest absolute Gasteiger partial charge is 0.383 e. The van der Waals surface area contributed by atoms with Gasteiger partial charge in [0.1, 0.15) is 5.82 Å². The molecule has 0 saturated heterocycles. The summed E-state index contributed by atoms with van der Waals surface area (Å²) in [6, 6.07) is 2.99. The Kier molecular flexibility index (Phi) is 4.97. The molecule has 3 rings (SSSR count). The second kappa shape index (κ2) is 7.19. The summed E-state index contributed by atoms with van der Waals surface area (Å²) >= 11 is 0. The molecule has 0 atom stereocenters. The molecule has 2 aromatic heterocycles. The lowest BCUT2D eigenvalue weighted by Crippen LogP contribution is -2.21. The van der Waals surface area contributed by atoms with Gasteiger partial charge in [0.15, 0.2) is 17.5 Å². The van der Waals surface area contributed by atoms with Crippen LogP contribution in [0.1, 0.15) is 31.7 Å². The second-order valence-corrected chi connectivity index (χ2v) is 6.30. The third-order valence-corrected chi connectivity index (χ3v) is 4.40. The van der Waals surface area contributed by atoms with Gasteiger partial charge in [0, 0.05) is 24.5 Å². The van der Waals surface area contributed by atoms with E-state index in [0.717, 1.165) is 19.3 Å². The summed E-state index contributed by atoms with van der Waals surface area (Å²) in [5, 5.41) is 0.0451. The van der Waals surface area contributed by atoms with Crippen LogP contribution in [0.25, 0.3) is 22.2 Å². The topological polar surface area (TPSA) is 73.8 Å². The smallest absolute Gasteiger partial charge is 0.261 e. The molecule has 0 bridgehead atoms. The number of aromatic nitrogens is 3. The Hall–Kier alpha value is -2.83. The molecule has 0 aliphatic carbocycles. The third kappa shape index (κ3) is 3.16. The van der Waals surface area contributed by atoms with E-state index in [1.165, 1.54) is 16.8 Å². The summed E-state index contributed by atoms with van der Waals surface area (Å²) in [5.74, 6) is -2.15. The van der Waals surface area contributed by atoms with Gasteiger partial charge in [-0.15, -0.1) is 0 Å². The number of pyridine rings is 1. The van der Waals surface area contributed by atoms with Crippen molar-refractivity contribution >= 4 is 16.6 Å². The highest BCUT2D eigenvalue weighted by Gasteiger charge is 2.20. The van der Waals surface area contributed by atoms with Gasteiger partial charge >= 0.3 is 0 Å². The molecule has 7 heteroatoms. The Morgan fingerprint density at radius 3 is 2.69 bits per heavy atom. The van der Waals surface area contributed by atoms with Crippen molar-refractivity contribution in [2.24, 2.45) is 0 Å². The van der Waals surface area contributed by atoms with E-state index in [1.54, 1.807) is 19.2 Å². The minimum absolute atomic E-state index is 0.0153. The number of hydrogen-bond donors (Lipinski definition) is 1. The molecule has 26 heavy (non-hydrogen) atoms. The number of hydrogen-bond acceptors (Lipinski definition) is 4. The summed E-state index contributed by atoms with van der Waals surface area (Å²) in [4.78, 5) is 20.6. The second-order valence-electron chi connectivity index (χ2n) is 6.30. The van der Waals surface area contributed by atoms with Gasteiger partial charge < -0.3 is 10.3 Å². The first-order chi connectivity index (χ1) is 12.4. The van der Waals surface area contributed by atoms with E-state index in [9.17, 15) is 13.6 Å². The number of aryl methyl sites for hydroxylation is 2. The predicted octanol–water partition coefficient (Wildman–Crippen LogP) is 3.82. The molecule has 136 valence electrons. The van der Waals surface area contributed by atoms with E-state index in [1.807, 2.05) is 0 Å². The molecule has 1 aromatic carbocycles. The first-order valence-corrected chi connectivity index (χ1v) is 8.54. The molecule has 0 amide bonds. The van der Waals surface area contributed by atoms with Crippen LogP contribution in [0.2, 0.25) is 0 Å². The first-order valence-electron chi connectivity index (χ1n) is 8.54. The maximum atomic E-state index is 14.7. The fraction of sp³-hybridized carbons (Fsp3) is 0.316. The first kappa shape index (κ1) is 18.0. The van der Waals surface area contributed by atoms with E-state index >= 15 is 0 Å². The number of nitrogens with zero attached hydrogens (tertiary/aromatic N) is 3. The van der Waals surface area contributed by atoms with Crippen LogP contribution in [0.3, 0.4) is 0 Å². The van der Waals surface area contributed by atoms with E-state index in [4.69, 9.17) is 5.73 Å². The van der Waals surface area contributed by atoms with Crippen LogP contribution >= 0.6 is 0 Å². The molecule has 5 nitrogen and oxygen atoms in total. The third-order valence-electron chi connectivity index (χ3n) is 4.40. The fourth-order valence-electron chi connectivity index (χ4n) is 2.83. The highest BCUT2D eigenvalue weighted by Crippen LogP contribution is 2.28. The maximum Gasteiger partial charge on any atom is 0.261 e. The zero-order valence-corrected chi connectivity index (χ0v) is 14.7. The van der Waals surface area contributed by atoms with Crippen molar-refractivity contribution in [3.8, 4) is 11.4 Å². The molecule has 2 N–H and O–H groups in total.